The van der Waals surface area contributed by atoms with Gasteiger partial charge in [-0.25, -0.2) is 4.39 Å². The fourth-order valence-corrected chi connectivity index (χ4v) is 3.33. The molecule has 2 amide bonds. The molecule has 0 unspecified atom stereocenters. The summed E-state index contributed by atoms with van der Waals surface area (Å²) in [6.45, 7) is 0.558. The molecule has 2 aromatic rings. The molecule has 8 nitrogen and oxygen atoms in total. The number of benzene rings is 2. The molecular weight excluding hydrogens is 427 g/mol. The van der Waals surface area contributed by atoms with Crippen LogP contribution >= 0.6 is 0 Å². The van der Waals surface area contributed by atoms with E-state index in [2.05, 4.69) is 20.8 Å². The van der Waals surface area contributed by atoms with Crippen molar-refractivity contribution in [2.45, 2.75) is 38.5 Å². The molecule has 0 bridgehead atoms. The predicted octanol–water partition coefficient (Wildman–Crippen LogP) is 3.76. The third kappa shape index (κ3) is 7.06. The topological polar surface area (TPSA) is 120 Å². The van der Waals surface area contributed by atoms with Crippen molar-refractivity contribution in [1.82, 2.24) is 5.32 Å². The van der Waals surface area contributed by atoms with E-state index in [1.165, 1.54) is 24.4 Å². The zero-order chi connectivity index (χ0) is 23.6. The van der Waals surface area contributed by atoms with Crippen LogP contribution < -0.4 is 10.6 Å². The van der Waals surface area contributed by atoms with Crippen molar-refractivity contribution in [3.63, 3.8) is 0 Å². The minimum absolute atomic E-state index is 0.0404. The van der Waals surface area contributed by atoms with E-state index < -0.39 is 17.7 Å². The van der Waals surface area contributed by atoms with Crippen LogP contribution in [0.3, 0.4) is 0 Å². The van der Waals surface area contributed by atoms with Crippen molar-refractivity contribution in [2.24, 2.45) is 10.2 Å². The number of nitrogens with zero attached hydrogens (tertiary/aromatic N) is 2. The summed E-state index contributed by atoms with van der Waals surface area (Å²) in [6, 6.07) is 10.7. The van der Waals surface area contributed by atoms with E-state index >= 15 is 0 Å². The van der Waals surface area contributed by atoms with Gasteiger partial charge in [0.25, 0.3) is 11.8 Å². The number of carboxylic acids is 1. The monoisotopic (exact) mass is 452 g/mol. The van der Waals surface area contributed by atoms with Crippen LogP contribution in [0.25, 0.3) is 0 Å². The fourth-order valence-electron chi connectivity index (χ4n) is 3.33. The van der Waals surface area contributed by atoms with Gasteiger partial charge in [-0.05, 0) is 48.7 Å². The van der Waals surface area contributed by atoms with Crippen molar-refractivity contribution in [3.8, 4) is 0 Å². The Balaban J connectivity index is 1.45. The number of fused-ring (bicyclic) bond motifs is 1. The van der Waals surface area contributed by atoms with Gasteiger partial charge in [-0.1, -0.05) is 31.4 Å². The summed E-state index contributed by atoms with van der Waals surface area (Å²) in [5, 5.41) is 21.9. The average Bonchev–Trinajstić information content (AvgIpc) is 3.10. The molecule has 0 aliphatic carbocycles. The Labute approximate surface area is 190 Å². The zero-order valence-corrected chi connectivity index (χ0v) is 18.0. The van der Waals surface area contributed by atoms with Crippen molar-refractivity contribution in [1.29, 1.82) is 0 Å². The van der Waals surface area contributed by atoms with Crippen molar-refractivity contribution in [3.05, 3.63) is 65.0 Å². The first-order valence-corrected chi connectivity index (χ1v) is 10.8. The second-order valence-electron chi connectivity index (χ2n) is 7.63. The van der Waals surface area contributed by atoms with Gasteiger partial charge in [0.2, 0.25) is 0 Å². The van der Waals surface area contributed by atoms with Gasteiger partial charge in [0, 0.05) is 24.1 Å². The number of nitrogens with one attached hydrogen (secondary N) is 2. The van der Waals surface area contributed by atoms with Crippen LogP contribution in [0.15, 0.2) is 52.7 Å². The molecule has 3 N–H and O–H groups in total. The van der Waals surface area contributed by atoms with Crippen LogP contribution in [-0.2, 0) is 9.59 Å². The first-order valence-electron chi connectivity index (χ1n) is 10.8. The van der Waals surface area contributed by atoms with E-state index in [9.17, 15) is 18.8 Å². The van der Waals surface area contributed by atoms with Crippen LogP contribution in [0.4, 0.5) is 10.1 Å². The van der Waals surface area contributed by atoms with Crippen molar-refractivity contribution >= 4 is 35.4 Å². The Morgan fingerprint density at radius 2 is 1.76 bits per heavy atom. The number of unbranched alkanes of at least 4 members (excludes halogenated alkanes) is 4. The summed E-state index contributed by atoms with van der Waals surface area (Å²) in [6.07, 6.45) is 5.94. The van der Waals surface area contributed by atoms with E-state index in [0.29, 0.717) is 35.3 Å². The highest BCUT2D eigenvalue weighted by Crippen LogP contribution is 2.24. The minimum atomic E-state index is -0.767. The average molecular weight is 452 g/mol. The number of amides is 2. The van der Waals surface area contributed by atoms with Crippen LogP contribution in [-0.4, -0.2) is 41.4 Å². The zero-order valence-electron chi connectivity index (χ0n) is 18.0. The van der Waals surface area contributed by atoms with Gasteiger partial charge in [-0.2, -0.15) is 5.10 Å². The third-order valence-electron chi connectivity index (χ3n) is 5.09. The lowest BCUT2D eigenvalue weighted by atomic mass is 10.1. The molecule has 0 radical (unpaired) electrons. The maximum atomic E-state index is 13.5. The summed E-state index contributed by atoms with van der Waals surface area (Å²) in [4.78, 5) is 34.7. The number of halogens is 1. The van der Waals surface area contributed by atoms with Crippen molar-refractivity contribution in [2.75, 3.05) is 11.9 Å². The van der Waals surface area contributed by atoms with Gasteiger partial charge in [-0.3, -0.25) is 14.4 Å². The van der Waals surface area contributed by atoms with Gasteiger partial charge in [0.05, 0.1) is 11.9 Å². The number of carbonyl (C=O) groups is 3. The number of anilines is 1. The Hall–Kier alpha value is -3.88. The van der Waals surface area contributed by atoms with Gasteiger partial charge < -0.3 is 15.7 Å². The standard InChI is InChI=1S/C24H25FN4O4/c25-18-11-12-20-19(14-18)22(24(33)28-20)29-27-15-16-7-9-17(10-8-16)23(32)26-13-5-3-1-2-4-6-21(30)31/h7-12,14-15H,1-6,13H2,(H,26,32)(H,30,31)(H,28,29,33)/b27-15+. The largest absolute Gasteiger partial charge is 0.481 e. The minimum Gasteiger partial charge on any atom is -0.481 e. The number of rotatable bonds is 11. The molecule has 0 spiro atoms. The lowest BCUT2D eigenvalue weighted by Crippen LogP contribution is -2.24. The second kappa shape index (κ2) is 11.7. The molecule has 0 fully saturated rings. The molecule has 3 rings (SSSR count). The SMILES string of the molecule is O=C(O)CCCCCCCNC(=O)c1ccc(/C=N/N=C2\C(=O)Nc3ccc(F)cc32)cc1. The number of hydrogen-bond donors (Lipinski definition) is 3. The van der Waals surface area contributed by atoms with Gasteiger partial charge >= 0.3 is 5.97 Å². The number of carboxylic acid groups (broad SMARTS) is 1. The highest BCUT2D eigenvalue weighted by atomic mass is 19.1. The highest BCUT2D eigenvalue weighted by Gasteiger charge is 2.26. The molecule has 0 saturated heterocycles. The van der Waals surface area contributed by atoms with E-state index in [-0.39, 0.29) is 18.0 Å². The molecule has 1 heterocycles. The van der Waals surface area contributed by atoms with Crippen molar-refractivity contribution < 1.29 is 23.9 Å². The number of carbonyl (C=O) groups excluding carboxylic acids is 2. The van der Waals surface area contributed by atoms with Gasteiger partial charge in [-0.15, -0.1) is 5.10 Å². The molecule has 1 aliphatic heterocycles. The Morgan fingerprint density at radius 3 is 2.52 bits per heavy atom. The van der Waals surface area contributed by atoms with E-state index in [4.69, 9.17) is 5.11 Å². The summed E-state index contributed by atoms with van der Waals surface area (Å²) in [5.74, 6) is -1.85. The summed E-state index contributed by atoms with van der Waals surface area (Å²) >= 11 is 0. The molecule has 33 heavy (non-hydrogen) atoms. The van der Waals surface area contributed by atoms with Gasteiger partial charge in [0.15, 0.2) is 5.71 Å². The molecule has 0 saturated carbocycles. The predicted molar refractivity (Wildman–Crippen MR) is 123 cm³/mol. The lowest BCUT2D eigenvalue weighted by molar-refractivity contribution is -0.137. The summed E-state index contributed by atoms with van der Waals surface area (Å²) in [5.41, 5.74) is 2.10. The first kappa shape index (κ1) is 23.8. The smallest absolute Gasteiger partial charge is 0.303 e. The normalized spacial score (nSPS) is 13.8. The Bertz CT molecular complexity index is 1080. The van der Waals surface area contributed by atoms with E-state index in [1.807, 2.05) is 0 Å². The molecule has 0 atom stereocenters. The fraction of sp³-hybridized carbons (Fsp3) is 0.292. The second-order valence-corrected chi connectivity index (χ2v) is 7.63. The van der Waals surface area contributed by atoms with E-state index in [1.54, 1.807) is 24.3 Å². The van der Waals surface area contributed by atoms with Crippen LogP contribution in [0, 0.1) is 5.82 Å². The molecule has 2 aromatic carbocycles. The molecule has 0 aromatic heterocycles. The summed E-state index contributed by atoms with van der Waals surface area (Å²) < 4.78 is 13.5. The Morgan fingerprint density at radius 1 is 1.03 bits per heavy atom. The molecular formula is C24H25FN4O4. The number of hydrogen-bond acceptors (Lipinski definition) is 5. The molecule has 9 heteroatoms. The maximum absolute atomic E-state index is 13.5. The van der Waals surface area contributed by atoms with Crippen LogP contribution in [0.1, 0.15) is 60.0 Å². The highest BCUT2D eigenvalue weighted by molar-refractivity contribution is 6.53. The first-order chi connectivity index (χ1) is 15.9. The number of aliphatic carboxylic acids is 1. The molecule has 172 valence electrons. The quantitative estimate of drug-likeness (QED) is 0.273. The lowest BCUT2D eigenvalue weighted by Gasteiger charge is -2.05. The maximum Gasteiger partial charge on any atom is 0.303 e. The Kier molecular flexibility index (Phi) is 8.40. The summed E-state index contributed by atoms with van der Waals surface area (Å²) in [7, 11) is 0. The van der Waals surface area contributed by atoms with E-state index in [0.717, 1.165) is 25.7 Å². The van der Waals surface area contributed by atoms with Crippen LogP contribution in [0.2, 0.25) is 0 Å². The third-order valence-corrected chi connectivity index (χ3v) is 5.09. The van der Waals surface area contributed by atoms with Crippen LogP contribution in [0.5, 0.6) is 0 Å². The van der Waals surface area contributed by atoms with Gasteiger partial charge in [0.1, 0.15) is 5.82 Å². The molecule has 1 aliphatic rings.